The highest BCUT2D eigenvalue weighted by atomic mass is 35.5. The Hall–Kier alpha value is -1.95. The first-order chi connectivity index (χ1) is 11.0. The van der Waals surface area contributed by atoms with Gasteiger partial charge in [0, 0.05) is 31.0 Å². The summed E-state index contributed by atoms with van der Waals surface area (Å²) in [7, 11) is 0. The molecule has 1 aliphatic rings. The van der Waals surface area contributed by atoms with Gasteiger partial charge in [0.25, 0.3) is 0 Å². The minimum Gasteiger partial charge on any atom is -0.339 e. The molecule has 5 nitrogen and oxygen atoms in total. The van der Waals surface area contributed by atoms with E-state index in [0.29, 0.717) is 30.1 Å². The summed E-state index contributed by atoms with van der Waals surface area (Å²) in [5, 5.41) is 4.13. The van der Waals surface area contributed by atoms with Gasteiger partial charge in [-0.3, -0.25) is 4.79 Å². The van der Waals surface area contributed by atoms with E-state index in [1.165, 1.54) is 18.2 Å². The minimum atomic E-state index is -0.417. The molecule has 1 amide bonds. The summed E-state index contributed by atoms with van der Waals surface area (Å²) in [5.41, 5.74) is 0.518. The van der Waals surface area contributed by atoms with Crippen molar-refractivity contribution < 1.29 is 13.7 Å². The van der Waals surface area contributed by atoms with E-state index in [-0.39, 0.29) is 17.0 Å². The van der Waals surface area contributed by atoms with Crippen LogP contribution in [0, 0.1) is 5.82 Å². The van der Waals surface area contributed by atoms with E-state index in [1.54, 1.807) is 0 Å². The number of halogens is 2. The highest BCUT2D eigenvalue weighted by molar-refractivity contribution is 6.33. The van der Waals surface area contributed by atoms with Crippen LogP contribution >= 0.6 is 11.6 Å². The van der Waals surface area contributed by atoms with Gasteiger partial charge in [-0.2, -0.15) is 4.98 Å². The highest BCUT2D eigenvalue weighted by Gasteiger charge is 2.25. The standard InChI is InChI=1S/C16H17ClFN3O2/c1-10(21-7-3-2-4-15(21)22)8-14-19-16(20-23-14)12-6-5-11(18)9-13(12)17/h5-6,9-10H,2-4,7-8H2,1H3/t10-/m1/s1. The SMILES string of the molecule is C[C@H](Cc1nc(-c2ccc(F)cc2Cl)no1)N1CCCCC1=O. The maximum absolute atomic E-state index is 13.1. The molecular weight excluding hydrogens is 321 g/mol. The van der Waals surface area contributed by atoms with Crippen LogP contribution in [0.25, 0.3) is 11.4 Å². The summed E-state index contributed by atoms with van der Waals surface area (Å²) in [6, 6.07) is 4.03. The second-order valence-electron chi connectivity index (χ2n) is 5.73. The molecule has 1 aromatic carbocycles. The summed E-state index contributed by atoms with van der Waals surface area (Å²) >= 11 is 6.01. The molecule has 0 unspecified atom stereocenters. The van der Waals surface area contributed by atoms with Gasteiger partial charge in [-0.15, -0.1) is 0 Å². The topological polar surface area (TPSA) is 59.2 Å². The zero-order valence-corrected chi connectivity index (χ0v) is 13.5. The Morgan fingerprint density at radius 2 is 2.26 bits per heavy atom. The third kappa shape index (κ3) is 3.52. The van der Waals surface area contributed by atoms with Crippen molar-refractivity contribution in [2.75, 3.05) is 6.54 Å². The molecule has 1 aliphatic heterocycles. The predicted molar refractivity (Wildman–Crippen MR) is 83.4 cm³/mol. The molecule has 0 spiro atoms. The van der Waals surface area contributed by atoms with Crippen molar-refractivity contribution >= 4 is 17.5 Å². The highest BCUT2D eigenvalue weighted by Crippen LogP contribution is 2.26. The van der Waals surface area contributed by atoms with Crippen molar-refractivity contribution in [1.82, 2.24) is 15.0 Å². The summed E-state index contributed by atoms with van der Waals surface area (Å²) in [6.07, 6.45) is 3.06. The number of piperidine rings is 1. The Morgan fingerprint density at radius 3 is 3.00 bits per heavy atom. The molecule has 0 bridgehead atoms. The second-order valence-corrected chi connectivity index (χ2v) is 6.14. The molecule has 7 heteroatoms. The fourth-order valence-electron chi connectivity index (χ4n) is 2.77. The van der Waals surface area contributed by atoms with Gasteiger partial charge in [0.15, 0.2) is 0 Å². The normalized spacial score (nSPS) is 16.7. The molecule has 2 heterocycles. The lowest BCUT2D eigenvalue weighted by molar-refractivity contribution is -0.135. The van der Waals surface area contributed by atoms with E-state index in [1.807, 2.05) is 11.8 Å². The lowest BCUT2D eigenvalue weighted by Crippen LogP contribution is -2.42. The second kappa shape index (κ2) is 6.66. The Bertz CT molecular complexity index is 719. The number of rotatable bonds is 4. The number of likely N-dealkylation sites (tertiary alicyclic amines) is 1. The van der Waals surface area contributed by atoms with Crippen LogP contribution in [0.15, 0.2) is 22.7 Å². The van der Waals surface area contributed by atoms with Gasteiger partial charge in [0.05, 0.1) is 5.02 Å². The summed E-state index contributed by atoms with van der Waals surface area (Å²) in [5.74, 6) is 0.512. The molecule has 2 aromatic rings. The Kier molecular flexibility index (Phi) is 4.61. The largest absolute Gasteiger partial charge is 0.339 e. The van der Waals surface area contributed by atoms with Crippen LogP contribution in [-0.2, 0) is 11.2 Å². The van der Waals surface area contributed by atoms with Crippen LogP contribution in [0.4, 0.5) is 4.39 Å². The molecule has 0 aliphatic carbocycles. The Morgan fingerprint density at radius 1 is 1.43 bits per heavy atom. The molecule has 3 rings (SSSR count). The molecule has 1 atom stereocenters. The molecule has 0 N–H and O–H groups in total. The molecular formula is C16H17ClFN3O2. The van der Waals surface area contributed by atoms with Crippen LogP contribution < -0.4 is 0 Å². The van der Waals surface area contributed by atoms with Gasteiger partial charge in [-0.05, 0) is 38.0 Å². The van der Waals surface area contributed by atoms with E-state index in [4.69, 9.17) is 16.1 Å². The van der Waals surface area contributed by atoms with Crippen LogP contribution in [-0.4, -0.2) is 33.5 Å². The monoisotopic (exact) mass is 337 g/mol. The minimum absolute atomic E-state index is 0.000195. The zero-order chi connectivity index (χ0) is 16.4. The van der Waals surface area contributed by atoms with Crippen LogP contribution in [0.1, 0.15) is 32.1 Å². The summed E-state index contributed by atoms with van der Waals surface area (Å²) < 4.78 is 18.3. The molecule has 0 radical (unpaired) electrons. The smallest absolute Gasteiger partial charge is 0.229 e. The van der Waals surface area contributed by atoms with Crippen molar-refractivity contribution in [2.24, 2.45) is 0 Å². The summed E-state index contributed by atoms with van der Waals surface area (Å²) in [4.78, 5) is 18.1. The lowest BCUT2D eigenvalue weighted by Gasteiger charge is -2.31. The lowest BCUT2D eigenvalue weighted by atomic mass is 10.1. The first-order valence-corrected chi connectivity index (χ1v) is 8.00. The predicted octanol–water partition coefficient (Wildman–Crippen LogP) is 3.47. The Labute approximate surface area is 138 Å². The molecule has 1 aromatic heterocycles. The first kappa shape index (κ1) is 15.9. The van der Waals surface area contributed by atoms with Crippen molar-refractivity contribution in [2.45, 2.75) is 38.6 Å². The number of nitrogens with zero attached hydrogens (tertiary/aromatic N) is 3. The molecule has 1 fully saturated rings. The number of benzene rings is 1. The van der Waals surface area contributed by atoms with Crippen molar-refractivity contribution in [3.63, 3.8) is 0 Å². The number of aromatic nitrogens is 2. The van der Waals surface area contributed by atoms with Gasteiger partial charge in [0.2, 0.25) is 17.6 Å². The fraction of sp³-hybridized carbons (Fsp3) is 0.438. The van der Waals surface area contributed by atoms with E-state index in [2.05, 4.69) is 10.1 Å². The fourth-order valence-corrected chi connectivity index (χ4v) is 3.03. The maximum Gasteiger partial charge on any atom is 0.229 e. The van der Waals surface area contributed by atoms with Gasteiger partial charge in [-0.1, -0.05) is 16.8 Å². The maximum atomic E-state index is 13.1. The molecule has 122 valence electrons. The quantitative estimate of drug-likeness (QED) is 0.857. The van der Waals surface area contributed by atoms with E-state index in [0.717, 1.165) is 19.4 Å². The summed E-state index contributed by atoms with van der Waals surface area (Å²) in [6.45, 7) is 2.74. The van der Waals surface area contributed by atoms with Crippen molar-refractivity contribution in [1.29, 1.82) is 0 Å². The van der Waals surface area contributed by atoms with Gasteiger partial charge in [0.1, 0.15) is 5.82 Å². The van der Waals surface area contributed by atoms with Gasteiger partial charge in [-0.25, -0.2) is 4.39 Å². The average Bonchev–Trinajstić information content (AvgIpc) is 2.95. The molecule has 0 saturated carbocycles. The average molecular weight is 338 g/mol. The molecule has 1 saturated heterocycles. The number of carbonyl (C=O) groups is 1. The zero-order valence-electron chi connectivity index (χ0n) is 12.8. The molecule has 23 heavy (non-hydrogen) atoms. The first-order valence-electron chi connectivity index (χ1n) is 7.62. The third-order valence-electron chi connectivity index (χ3n) is 4.00. The van der Waals surface area contributed by atoms with E-state index >= 15 is 0 Å². The van der Waals surface area contributed by atoms with E-state index in [9.17, 15) is 9.18 Å². The Balaban J connectivity index is 1.73. The number of amides is 1. The van der Waals surface area contributed by atoms with Crippen molar-refractivity contribution in [3.8, 4) is 11.4 Å². The van der Waals surface area contributed by atoms with Crippen LogP contribution in [0.5, 0.6) is 0 Å². The van der Waals surface area contributed by atoms with E-state index < -0.39 is 5.82 Å². The van der Waals surface area contributed by atoms with Gasteiger partial charge >= 0.3 is 0 Å². The van der Waals surface area contributed by atoms with Gasteiger partial charge < -0.3 is 9.42 Å². The van der Waals surface area contributed by atoms with Crippen LogP contribution in [0.3, 0.4) is 0 Å². The third-order valence-corrected chi connectivity index (χ3v) is 4.31. The van der Waals surface area contributed by atoms with Crippen molar-refractivity contribution in [3.05, 3.63) is 34.9 Å². The number of hydrogen-bond acceptors (Lipinski definition) is 4. The number of hydrogen-bond donors (Lipinski definition) is 0. The van der Waals surface area contributed by atoms with Crippen LogP contribution in [0.2, 0.25) is 5.02 Å². The number of carbonyl (C=O) groups excluding carboxylic acids is 1.